The summed E-state index contributed by atoms with van der Waals surface area (Å²) in [6.07, 6.45) is 6.82. The second-order valence-electron chi connectivity index (χ2n) is 5.32. The number of hydrogen-bond acceptors (Lipinski definition) is 4. The molecule has 2 N–H and O–H groups in total. The zero-order valence-electron chi connectivity index (χ0n) is 11.4. The maximum atomic E-state index is 12.0. The van der Waals surface area contributed by atoms with Crippen LogP contribution in [-0.4, -0.2) is 20.9 Å². The van der Waals surface area contributed by atoms with Crippen molar-refractivity contribution in [2.75, 3.05) is 5.32 Å². The van der Waals surface area contributed by atoms with E-state index in [-0.39, 0.29) is 17.2 Å². The maximum Gasteiger partial charge on any atom is 0.285 e. The average Bonchev–Trinajstić information content (AvgIpc) is 2.36. The van der Waals surface area contributed by atoms with Crippen LogP contribution < -0.4 is 10.9 Å². The molecule has 0 spiro atoms. The Labute approximate surface area is 115 Å². The van der Waals surface area contributed by atoms with E-state index in [9.17, 15) is 9.59 Å². The van der Waals surface area contributed by atoms with Gasteiger partial charge in [0.05, 0.1) is 0 Å². The Morgan fingerprint density at radius 2 is 2.15 bits per heavy atom. The lowest BCUT2D eigenvalue weighted by Gasteiger charge is -2.16. The number of H-pyrrole nitrogens is 1. The molecule has 0 radical (unpaired) electrons. The molecule has 0 atom stereocenters. The van der Waals surface area contributed by atoms with Crippen molar-refractivity contribution in [1.82, 2.24) is 15.0 Å². The van der Waals surface area contributed by atoms with Crippen molar-refractivity contribution in [3.63, 3.8) is 0 Å². The number of amides is 1. The van der Waals surface area contributed by atoms with E-state index in [1.54, 1.807) is 26.8 Å². The van der Waals surface area contributed by atoms with Gasteiger partial charge in [0, 0.05) is 17.2 Å². The van der Waals surface area contributed by atoms with E-state index in [4.69, 9.17) is 6.42 Å². The standard InChI is InChI=1S/C14H14N4O2/c1-5-8-6-7-15-10-9(8)11(19)17-13(16-10)18-12(20)14(2,3)4/h1,6-7H,2-4H3,(H2,15,16,17,18,19,20). The zero-order valence-corrected chi connectivity index (χ0v) is 11.4. The van der Waals surface area contributed by atoms with E-state index in [1.165, 1.54) is 6.20 Å². The minimum Gasteiger partial charge on any atom is -0.310 e. The number of aromatic nitrogens is 3. The molecule has 102 valence electrons. The summed E-state index contributed by atoms with van der Waals surface area (Å²) in [4.78, 5) is 34.5. The first kappa shape index (κ1) is 13.7. The van der Waals surface area contributed by atoms with Crippen molar-refractivity contribution in [1.29, 1.82) is 0 Å². The second kappa shape index (κ2) is 4.78. The van der Waals surface area contributed by atoms with Crippen molar-refractivity contribution in [3.05, 3.63) is 28.2 Å². The molecule has 0 aliphatic heterocycles. The summed E-state index contributed by atoms with van der Waals surface area (Å²) >= 11 is 0. The summed E-state index contributed by atoms with van der Waals surface area (Å²) in [5.74, 6) is 2.21. The summed E-state index contributed by atoms with van der Waals surface area (Å²) in [7, 11) is 0. The smallest absolute Gasteiger partial charge is 0.285 e. The highest BCUT2D eigenvalue weighted by atomic mass is 16.2. The fraction of sp³-hybridized carbons (Fsp3) is 0.286. The number of carbonyl (C=O) groups is 1. The lowest BCUT2D eigenvalue weighted by atomic mass is 9.96. The van der Waals surface area contributed by atoms with E-state index >= 15 is 0 Å². The van der Waals surface area contributed by atoms with Gasteiger partial charge in [0.25, 0.3) is 5.56 Å². The number of hydrogen-bond donors (Lipinski definition) is 2. The third-order valence-electron chi connectivity index (χ3n) is 2.68. The largest absolute Gasteiger partial charge is 0.310 e. The van der Waals surface area contributed by atoms with Crippen LogP contribution in [0, 0.1) is 17.8 Å². The van der Waals surface area contributed by atoms with Gasteiger partial charge >= 0.3 is 0 Å². The Kier molecular flexibility index (Phi) is 3.28. The van der Waals surface area contributed by atoms with Gasteiger partial charge in [-0.1, -0.05) is 26.7 Å². The third-order valence-corrected chi connectivity index (χ3v) is 2.68. The van der Waals surface area contributed by atoms with Crippen molar-refractivity contribution in [3.8, 4) is 12.3 Å². The number of anilines is 1. The maximum absolute atomic E-state index is 12.0. The zero-order chi connectivity index (χ0) is 14.9. The van der Waals surface area contributed by atoms with Gasteiger partial charge in [-0.3, -0.25) is 14.9 Å². The number of pyridine rings is 1. The minimum atomic E-state index is -0.596. The predicted octanol–water partition coefficient (Wildman–Crippen LogP) is 1.28. The van der Waals surface area contributed by atoms with Crippen LogP contribution in [0.2, 0.25) is 0 Å². The molecule has 1 amide bonds. The van der Waals surface area contributed by atoms with Gasteiger partial charge in [-0.2, -0.15) is 4.98 Å². The van der Waals surface area contributed by atoms with E-state index in [0.29, 0.717) is 11.2 Å². The van der Waals surface area contributed by atoms with Crippen LogP contribution in [0.3, 0.4) is 0 Å². The van der Waals surface area contributed by atoms with Gasteiger partial charge in [0.15, 0.2) is 0 Å². The van der Waals surface area contributed by atoms with Crippen molar-refractivity contribution in [2.24, 2.45) is 5.41 Å². The van der Waals surface area contributed by atoms with Crippen LogP contribution >= 0.6 is 0 Å². The van der Waals surface area contributed by atoms with Crippen LogP contribution in [0.5, 0.6) is 0 Å². The van der Waals surface area contributed by atoms with Gasteiger partial charge in [-0.15, -0.1) is 6.42 Å². The molecule has 0 fully saturated rings. The van der Waals surface area contributed by atoms with Gasteiger partial charge < -0.3 is 4.98 Å². The molecule has 2 rings (SSSR count). The van der Waals surface area contributed by atoms with Crippen molar-refractivity contribution < 1.29 is 4.79 Å². The molecule has 6 nitrogen and oxygen atoms in total. The van der Waals surface area contributed by atoms with Gasteiger partial charge in [-0.05, 0) is 6.07 Å². The summed E-state index contributed by atoms with van der Waals surface area (Å²) < 4.78 is 0. The van der Waals surface area contributed by atoms with Crippen LogP contribution in [0.1, 0.15) is 26.3 Å². The normalized spacial score (nSPS) is 11.1. The molecule has 2 aromatic rings. The Morgan fingerprint density at radius 1 is 1.45 bits per heavy atom. The fourth-order valence-electron chi connectivity index (χ4n) is 1.55. The number of nitrogens with zero attached hydrogens (tertiary/aromatic N) is 2. The lowest BCUT2D eigenvalue weighted by molar-refractivity contribution is -0.123. The van der Waals surface area contributed by atoms with E-state index in [1.807, 2.05) is 0 Å². The quantitative estimate of drug-likeness (QED) is 0.764. The molecule has 0 saturated carbocycles. The minimum absolute atomic E-state index is 0.0593. The van der Waals surface area contributed by atoms with Gasteiger partial charge in [-0.25, -0.2) is 4.98 Å². The fourth-order valence-corrected chi connectivity index (χ4v) is 1.55. The molecule has 20 heavy (non-hydrogen) atoms. The van der Waals surface area contributed by atoms with Crippen LogP contribution in [0.4, 0.5) is 5.95 Å². The van der Waals surface area contributed by atoms with Crippen molar-refractivity contribution in [2.45, 2.75) is 20.8 Å². The number of carbonyl (C=O) groups excluding carboxylic acids is 1. The van der Waals surface area contributed by atoms with Gasteiger partial charge in [0.1, 0.15) is 11.0 Å². The molecule has 0 unspecified atom stereocenters. The monoisotopic (exact) mass is 270 g/mol. The van der Waals surface area contributed by atoms with Gasteiger partial charge in [0.2, 0.25) is 11.9 Å². The molecule has 2 heterocycles. The number of aromatic amines is 1. The molecule has 6 heteroatoms. The Hall–Kier alpha value is -2.68. The molecular formula is C14H14N4O2. The Bertz CT molecular complexity index is 778. The first-order valence-corrected chi connectivity index (χ1v) is 6.00. The molecule has 2 aromatic heterocycles. The third kappa shape index (κ3) is 2.52. The van der Waals surface area contributed by atoms with E-state index < -0.39 is 11.0 Å². The first-order valence-electron chi connectivity index (χ1n) is 6.00. The van der Waals surface area contributed by atoms with Crippen molar-refractivity contribution >= 4 is 22.9 Å². The Morgan fingerprint density at radius 3 is 2.75 bits per heavy atom. The Balaban J connectivity index is 2.53. The number of rotatable bonds is 1. The topological polar surface area (TPSA) is 87.7 Å². The number of terminal acetylenes is 1. The summed E-state index contributed by atoms with van der Waals surface area (Å²) in [5, 5.41) is 2.79. The molecule has 0 saturated heterocycles. The number of fused-ring (bicyclic) bond motifs is 1. The highest BCUT2D eigenvalue weighted by molar-refractivity contribution is 5.93. The molecule has 0 aliphatic carbocycles. The second-order valence-corrected chi connectivity index (χ2v) is 5.32. The average molecular weight is 270 g/mol. The summed E-state index contributed by atoms with van der Waals surface area (Å²) in [5.41, 5.74) is -0.409. The predicted molar refractivity (Wildman–Crippen MR) is 76.2 cm³/mol. The summed E-state index contributed by atoms with van der Waals surface area (Å²) in [6.45, 7) is 5.28. The van der Waals surface area contributed by atoms with E-state index in [2.05, 4.69) is 26.2 Å². The number of nitrogens with one attached hydrogen (secondary N) is 2. The highest BCUT2D eigenvalue weighted by Crippen LogP contribution is 2.16. The van der Waals surface area contributed by atoms with Crippen LogP contribution in [0.15, 0.2) is 17.1 Å². The SMILES string of the molecule is C#Cc1ccnc2[nH]c(NC(=O)C(C)(C)C)nc(=O)c12. The molecular weight excluding hydrogens is 256 g/mol. The van der Waals surface area contributed by atoms with Crippen LogP contribution in [0.25, 0.3) is 11.0 Å². The molecule has 0 aromatic carbocycles. The highest BCUT2D eigenvalue weighted by Gasteiger charge is 2.22. The molecule has 0 aliphatic rings. The van der Waals surface area contributed by atoms with Crippen LogP contribution in [-0.2, 0) is 4.79 Å². The molecule has 0 bridgehead atoms. The van der Waals surface area contributed by atoms with E-state index in [0.717, 1.165) is 0 Å². The summed E-state index contributed by atoms with van der Waals surface area (Å²) in [6, 6.07) is 1.56. The first-order chi connectivity index (χ1) is 9.32. The lowest BCUT2D eigenvalue weighted by Crippen LogP contribution is -2.29.